The molecular weight excluding hydrogens is 257 g/mol. The SMILES string of the molecule is CC1CCCC(CO)(NC(=O)Cc2cccc(F)c2)C1. The highest BCUT2D eigenvalue weighted by Crippen LogP contribution is 2.32. The largest absolute Gasteiger partial charge is 0.394 e. The number of hydrogen-bond donors (Lipinski definition) is 2. The smallest absolute Gasteiger partial charge is 0.224 e. The van der Waals surface area contributed by atoms with E-state index in [1.54, 1.807) is 12.1 Å². The molecule has 1 fully saturated rings. The van der Waals surface area contributed by atoms with Crippen LogP contribution in [0, 0.1) is 11.7 Å². The Morgan fingerprint density at radius 3 is 3.00 bits per heavy atom. The molecule has 2 N–H and O–H groups in total. The van der Waals surface area contributed by atoms with Gasteiger partial charge in [-0.05, 0) is 36.5 Å². The zero-order chi connectivity index (χ0) is 14.6. The van der Waals surface area contributed by atoms with Crippen molar-refractivity contribution < 1.29 is 14.3 Å². The molecule has 1 amide bonds. The molecule has 0 aromatic heterocycles. The molecule has 0 spiro atoms. The van der Waals surface area contributed by atoms with E-state index < -0.39 is 5.54 Å². The monoisotopic (exact) mass is 279 g/mol. The zero-order valence-corrected chi connectivity index (χ0v) is 11.9. The van der Waals surface area contributed by atoms with Crippen LogP contribution in [0.25, 0.3) is 0 Å². The number of carbonyl (C=O) groups excluding carboxylic acids is 1. The number of aliphatic hydroxyl groups is 1. The second-order valence-electron chi connectivity index (χ2n) is 5.99. The number of amides is 1. The first kappa shape index (κ1) is 15.0. The van der Waals surface area contributed by atoms with E-state index in [4.69, 9.17) is 0 Å². The summed E-state index contributed by atoms with van der Waals surface area (Å²) in [6.45, 7) is 2.11. The average Bonchev–Trinajstić information content (AvgIpc) is 2.38. The molecule has 2 rings (SSSR count). The van der Waals surface area contributed by atoms with Crippen LogP contribution in [0.1, 0.15) is 38.2 Å². The van der Waals surface area contributed by atoms with Crippen molar-refractivity contribution in [2.45, 2.75) is 44.6 Å². The second-order valence-corrected chi connectivity index (χ2v) is 5.99. The van der Waals surface area contributed by atoms with Gasteiger partial charge in [-0.15, -0.1) is 0 Å². The van der Waals surface area contributed by atoms with Crippen molar-refractivity contribution in [3.8, 4) is 0 Å². The quantitative estimate of drug-likeness (QED) is 0.889. The summed E-state index contributed by atoms with van der Waals surface area (Å²) in [6, 6.07) is 6.06. The summed E-state index contributed by atoms with van der Waals surface area (Å²) in [4.78, 5) is 12.1. The number of benzene rings is 1. The minimum atomic E-state index is -0.498. The van der Waals surface area contributed by atoms with Gasteiger partial charge in [0.25, 0.3) is 0 Å². The molecular formula is C16H22FNO2. The summed E-state index contributed by atoms with van der Waals surface area (Å²) >= 11 is 0. The van der Waals surface area contributed by atoms with Crippen LogP contribution in [0.3, 0.4) is 0 Å². The predicted molar refractivity (Wildman–Crippen MR) is 75.7 cm³/mol. The molecule has 1 aromatic rings. The molecule has 110 valence electrons. The molecule has 0 saturated heterocycles. The van der Waals surface area contributed by atoms with E-state index in [9.17, 15) is 14.3 Å². The number of carbonyl (C=O) groups is 1. The Balaban J connectivity index is 1.99. The molecule has 1 saturated carbocycles. The van der Waals surface area contributed by atoms with Gasteiger partial charge in [-0.1, -0.05) is 31.9 Å². The molecule has 1 aliphatic rings. The summed E-state index contributed by atoms with van der Waals surface area (Å²) in [7, 11) is 0. The number of halogens is 1. The first-order valence-electron chi connectivity index (χ1n) is 7.19. The maximum Gasteiger partial charge on any atom is 0.224 e. The Kier molecular flexibility index (Phi) is 4.76. The molecule has 20 heavy (non-hydrogen) atoms. The second kappa shape index (κ2) is 6.35. The number of rotatable bonds is 4. The van der Waals surface area contributed by atoms with E-state index in [1.807, 2.05) is 0 Å². The number of nitrogens with one attached hydrogen (secondary N) is 1. The maximum absolute atomic E-state index is 13.1. The van der Waals surface area contributed by atoms with Crippen molar-refractivity contribution in [3.63, 3.8) is 0 Å². The molecule has 0 bridgehead atoms. The highest BCUT2D eigenvalue weighted by molar-refractivity contribution is 5.79. The maximum atomic E-state index is 13.1. The third-order valence-electron chi connectivity index (χ3n) is 4.05. The van der Waals surface area contributed by atoms with Crippen LogP contribution in [0.15, 0.2) is 24.3 Å². The molecule has 0 radical (unpaired) electrons. The van der Waals surface area contributed by atoms with Gasteiger partial charge in [0.05, 0.1) is 18.6 Å². The van der Waals surface area contributed by atoms with Gasteiger partial charge in [0.15, 0.2) is 0 Å². The molecule has 0 heterocycles. The minimum absolute atomic E-state index is 0.0355. The van der Waals surface area contributed by atoms with Gasteiger partial charge in [0.2, 0.25) is 5.91 Å². The highest BCUT2D eigenvalue weighted by Gasteiger charge is 2.35. The normalized spacial score (nSPS) is 26.2. The van der Waals surface area contributed by atoms with Gasteiger partial charge >= 0.3 is 0 Å². The van der Waals surface area contributed by atoms with Crippen LogP contribution >= 0.6 is 0 Å². The standard InChI is InChI=1S/C16H22FNO2/c1-12-4-3-7-16(10-12,11-19)18-15(20)9-13-5-2-6-14(17)8-13/h2,5-6,8,12,19H,3-4,7,9-11H2,1H3,(H,18,20). The van der Waals surface area contributed by atoms with Crippen molar-refractivity contribution in [2.24, 2.45) is 5.92 Å². The Morgan fingerprint density at radius 2 is 2.35 bits per heavy atom. The van der Waals surface area contributed by atoms with Crippen LogP contribution in [0.5, 0.6) is 0 Å². The third kappa shape index (κ3) is 3.79. The van der Waals surface area contributed by atoms with Gasteiger partial charge in [-0.3, -0.25) is 4.79 Å². The first-order valence-corrected chi connectivity index (χ1v) is 7.19. The Morgan fingerprint density at radius 1 is 1.55 bits per heavy atom. The van der Waals surface area contributed by atoms with Crippen molar-refractivity contribution in [1.29, 1.82) is 0 Å². The van der Waals surface area contributed by atoms with E-state index >= 15 is 0 Å². The van der Waals surface area contributed by atoms with E-state index in [-0.39, 0.29) is 24.8 Å². The van der Waals surface area contributed by atoms with Gasteiger partial charge in [0, 0.05) is 0 Å². The van der Waals surface area contributed by atoms with Crippen LogP contribution in [0.2, 0.25) is 0 Å². The summed E-state index contributed by atoms with van der Waals surface area (Å²) in [5.41, 5.74) is 0.154. The van der Waals surface area contributed by atoms with E-state index in [1.165, 1.54) is 12.1 Å². The topological polar surface area (TPSA) is 49.3 Å². The Hall–Kier alpha value is -1.42. The summed E-state index contributed by atoms with van der Waals surface area (Å²) in [6.07, 6.45) is 3.92. The van der Waals surface area contributed by atoms with Gasteiger partial charge in [-0.25, -0.2) is 4.39 Å². The lowest BCUT2D eigenvalue weighted by atomic mass is 9.76. The van der Waals surface area contributed by atoms with Crippen LogP contribution < -0.4 is 5.32 Å². The molecule has 0 aliphatic heterocycles. The van der Waals surface area contributed by atoms with Crippen molar-refractivity contribution in [1.82, 2.24) is 5.32 Å². The summed E-state index contributed by atoms with van der Waals surface area (Å²) in [5.74, 6) is 0.0163. The van der Waals surface area contributed by atoms with Gasteiger partial charge in [0.1, 0.15) is 5.82 Å². The van der Waals surface area contributed by atoms with Crippen molar-refractivity contribution in [2.75, 3.05) is 6.61 Å². The molecule has 2 unspecified atom stereocenters. The molecule has 1 aromatic carbocycles. The number of aliphatic hydroxyl groups excluding tert-OH is 1. The molecule has 3 nitrogen and oxygen atoms in total. The van der Waals surface area contributed by atoms with Crippen LogP contribution in [-0.4, -0.2) is 23.2 Å². The fraction of sp³-hybridized carbons (Fsp3) is 0.562. The van der Waals surface area contributed by atoms with E-state index in [2.05, 4.69) is 12.2 Å². The Bertz CT molecular complexity index is 477. The average molecular weight is 279 g/mol. The number of hydrogen-bond acceptors (Lipinski definition) is 2. The Labute approximate surface area is 119 Å². The summed E-state index contributed by atoms with van der Waals surface area (Å²) in [5, 5.41) is 12.6. The predicted octanol–water partition coefficient (Wildman–Crippen LogP) is 2.43. The van der Waals surface area contributed by atoms with Gasteiger partial charge in [-0.2, -0.15) is 0 Å². The fourth-order valence-electron chi connectivity index (χ4n) is 3.13. The third-order valence-corrected chi connectivity index (χ3v) is 4.05. The lowest BCUT2D eigenvalue weighted by Crippen LogP contribution is -2.54. The van der Waals surface area contributed by atoms with Gasteiger partial charge < -0.3 is 10.4 Å². The van der Waals surface area contributed by atoms with Crippen molar-refractivity contribution >= 4 is 5.91 Å². The lowest BCUT2D eigenvalue weighted by Gasteiger charge is -2.39. The van der Waals surface area contributed by atoms with E-state index in [0.29, 0.717) is 11.5 Å². The highest BCUT2D eigenvalue weighted by atomic mass is 19.1. The molecule has 4 heteroatoms. The summed E-state index contributed by atoms with van der Waals surface area (Å²) < 4.78 is 13.1. The van der Waals surface area contributed by atoms with E-state index in [0.717, 1.165) is 25.7 Å². The fourth-order valence-corrected chi connectivity index (χ4v) is 3.13. The first-order chi connectivity index (χ1) is 9.53. The van der Waals surface area contributed by atoms with Crippen molar-refractivity contribution in [3.05, 3.63) is 35.6 Å². The van der Waals surface area contributed by atoms with Crippen LogP contribution in [-0.2, 0) is 11.2 Å². The lowest BCUT2D eigenvalue weighted by molar-refractivity contribution is -0.123. The molecule has 1 aliphatic carbocycles. The van der Waals surface area contributed by atoms with Crippen LogP contribution in [0.4, 0.5) is 4.39 Å². The molecule has 2 atom stereocenters. The zero-order valence-electron chi connectivity index (χ0n) is 11.9. The minimum Gasteiger partial charge on any atom is -0.394 e.